The van der Waals surface area contributed by atoms with E-state index in [0.29, 0.717) is 6.61 Å². The van der Waals surface area contributed by atoms with E-state index >= 15 is 0 Å². The summed E-state index contributed by atoms with van der Waals surface area (Å²) in [6.45, 7) is 6.08. The highest BCUT2D eigenvalue weighted by atomic mass is 16.5. The Morgan fingerprint density at radius 1 is 1.15 bits per heavy atom. The smallest absolute Gasteiger partial charge is 0.0593 e. The van der Waals surface area contributed by atoms with Crippen LogP contribution in [0, 0.1) is 0 Å². The molecule has 0 spiro atoms. The van der Waals surface area contributed by atoms with Gasteiger partial charge in [0.2, 0.25) is 0 Å². The van der Waals surface area contributed by atoms with Gasteiger partial charge in [-0.3, -0.25) is 0 Å². The predicted octanol–water partition coefficient (Wildman–Crippen LogP) is 1.12. The number of hydrogen-bond donors (Lipinski definition) is 1. The van der Waals surface area contributed by atoms with Crippen molar-refractivity contribution in [2.75, 3.05) is 40.0 Å². The number of nitrogens with zero attached hydrogens (tertiary/aromatic N) is 1. The van der Waals surface area contributed by atoms with Crippen LogP contribution in [0.25, 0.3) is 0 Å². The summed E-state index contributed by atoms with van der Waals surface area (Å²) in [7, 11) is 2.11. The summed E-state index contributed by atoms with van der Waals surface area (Å²) in [5.74, 6) is 0. The van der Waals surface area contributed by atoms with Crippen molar-refractivity contribution in [2.45, 2.75) is 26.2 Å². The molecular formula is C10H23NO2. The molecule has 3 heteroatoms. The SMILES string of the molecule is CCOCCN(C)CCCCCO. The van der Waals surface area contributed by atoms with Gasteiger partial charge in [0.25, 0.3) is 0 Å². The van der Waals surface area contributed by atoms with Gasteiger partial charge in [-0.15, -0.1) is 0 Å². The Morgan fingerprint density at radius 2 is 1.92 bits per heavy atom. The van der Waals surface area contributed by atoms with E-state index in [2.05, 4.69) is 11.9 Å². The molecule has 0 saturated heterocycles. The Morgan fingerprint density at radius 3 is 2.54 bits per heavy atom. The fourth-order valence-corrected chi connectivity index (χ4v) is 1.15. The van der Waals surface area contributed by atoms with Gasteiger partial charge in [-0.05, 0) is 39.8 Å². The lowest BCUT2D eigenvalue weighted by Gasteiger charge is -2.15. The molecule has 80 valence electrons. The zero-order chi connectivity index (χ0) is 9.94. The van der Waals surface area contributed by atoms with Gasteiger partial charge in [0.15, 0.2) is 0 Å². The van der Waals surface area contributed by atoms with Crippen molar-refractivity contribution < 1.29 is 9.84 Å². The first-order valence-electron chi connectivity index (χ1n) is 5.18. The van der Waals surface area contributed by atoms with Gasteiger partial charge in [0.1, 0.15) is 0 Å². The maximum absolute atomic E-state index is 8.57. The third-order valence-corrected chi connectivity index (χ3v) is 2.02. The zero-order valence-corrected chi connectivity index (χ0v) is 8.96. The van der Waals surface area contributed by atoms with E-state index in [9.17, 15) is 0 Å². The first-order chi connectivity index (χ1) is 6.31. The largest absolute Gasteiger partial charge is 0.396 e. The minimum Gasteiger partial charge on any atom is -0.396 e. The molecule has 0 amide bonds. The van der Waals surface area contributed by atoms with Crippen molar-refractivity contribution in [1.29, 1.82) is 0 Å². The van der Waals surface area contributed by atoms with Gasteiger partial charge in [0.05, 0.1) is 6.61 Å². The molecular weight excluding hydrogens is 166 g/mol. The molecule has 0 radical (unpaired) electrons. The van der Waals surface area contributed by atoms with Crippen LogP contribution < -0.4 is 0 Å². The molecule has 0 atom stereocenters. The van der Waals surface area contributed by atoms with Crippen LogP contribution in [0.15, 0.2) is 0 Å². The fourth-order valence-electron chi connectivity index (χ4n) is 1.15. The van der Waals surface area contributed by atoms with Crippen LogP contribution in [-0.2, 0) is 4.74 Å². The Bertz CT molecular complexity index is 98.9. The Labute approximate surface area is 81.7 Å². The van der Waals surface area contributed by atoms with E-state index in [0.717, 1.165) is 39.1 Å². The van der Waals surface area contributed by atoms with Crippen LogP contribution in [0.5, 0.6) is 0 Å². The molecule has 0 aromatic carbocycles. The van der Waals surface area contributed by atoms with Gasteiger partial charge in [-0.1, -0.05) is 0 Å². The average molecular weight is 189 g/mol. The Balaban J connectivity index is 3.05. The monoisotopic (exact) mass is 189 g/mol. The molecule has 0 saturated carbocycles. The van der Waals surface area contributed by atoms with Crippen LogP contribution in [0.3, 0.4) is 0 Å². The van der Waals surface area contributed by atoms with Crippen molar-refractivity contribution in [3.63, 3.8) is 0 Å². The second kappa shape index (κ2) is 9.96. The minimum absolute atomic E-state index is 0.322. The van der Waals surface area contributed by atoms with Crippen LogP contribution >= 0.6 is 0 Å². The van der Waals surface area contributed by atoms with Gasteiger partial charge in [0, 0.05) is 19.8 Å². The maximum Gasteiger partial charge on any atom is 0.0593 e. The summed E-state index contributed by atoms with van der Waals surface area (Å²) in [6.07, 6.45) is 3.22. The number of aliphatic hydroxyl groups is 1. The maximum atomic E-state index is 8.57. The highest BCUT2D eigenvalue weighted by Gasteiger charge is 1.96. The van der Waals surface area contributed by atoms with Crippen LogP contribution in [-0.4, -0.2) is 50.0 Å². The molecule has 0 aliphatic carbocycles. The van der Waals surface area contributed by atoms with E-state index < -0.39 is 0 Å². The Kier molecular flexibility index (Phi) is 9.87. The van der Waals surface area contributed by atoms with Crippen LogP contribution in [0.1, 0.15) is 26.2 Å². The highest BCUT2D eigenvalue weighted by Crippen LogP contribution is 1.96. The molecule has 0 heterocycles. The van der Waals surface area contributed by atoms with Gasteiger partial charge in [-0.25, -0.2) is 0 Å². The van der Waals surface area contributed by atoms with Crippen molar-refractivity contribution in [2.24, 2.45) is 0 Å². The zero-order valence-electron chi connectivity index (χ0n) is 8.96. The van der Waals surface area contributed by atoms with E-state index in [1.807, 2.05) is 6.92 Å². The number of aliphatic hydroxyl groups excluding tert-OH is 1. The lowest BCUT2D eigenvalue weighted by molar-refractivity contribution is 0.121. The van der Waals surface area contributed by atoms with Gasteiger partial charge < -0.3 is 14.7 Å². The average Bonchev–Trinajstić information content (AvgIpc) is 2.13. The van der Waals surface area contributed by atoms with Gasteiger partial charge >= 0.3 is 0 Å². The molecule has 0 bridgehead atoms. The molecule has 0 unspecified atom stereocenters. The molecule has 1 N–H and O–H groups in total. The summed E-state index contributed by atoms with van der Waals surface area (Å²) < 4.78 is 5.25. The second-order valence-corrected chi connectivity index (χ2v) is 3.28. The molecule has 0 rings (SSSR count). The van der Waals surface area contributed by atoms with Crippen molar-refractivity contribution in [3.05, 3.63) is 0 Å². The second-order valence-electron chi connectivity index (χ2n) is 3.28. The molecule has 0 aromatic rings. The van der Waals surface area contributed by atoms with E-state index in [-0.39, 0.29) is 0 Å². The molecule has 3 nitrogen and oxygen atoms in total. The summed E-state index contributed by atoms with van der Waals surface area (Å²) >= 11 is 0. The number of hydrogen-bond acceptors (Lipinski definition) is 3. The molecule has 0 aliphatic heterocycles. The third-order valence-electron chi connectivity index (χ3n) is 2.02. The molecule has 0 fully saturated rings. The minimum atomic E-state index is 0.322. The number of rotatable bonds is 9. The van der Waals surface area contributed by atoms with Crippen LogP contribution in [0.2, 0.25) is 0 Å². The molecule has 0 aromatic heterocycles. The summed E-state index contributed by atoms with van der Waals surface area (Å²) in [5.41, 5.74) is 0. The van der Waals surface area contributed by atoms with Crippen molar-refractivity contribution in [3.8, 4) is 0 Å². The first kappa shape index (κ1) is 12.9. The van der Waals surface area contributed by atoms with E-state index in [1.165, 1.54) is 6.42 Å². The number of unbranched alkanes of at least 4 members (excludes halogenated alkanes) is 2. The third kappa shape index (κ3) is 9.80. The lowest BCUT2D eigenvalue weighted by Crippen LogP contribution is -2.24. The predicted molar refractivity (Wildman–Crippen MR) is 54.9 cm³/mol. The van der Waals surface area contributed by atoms with Crippen LogP contribution in [0.4, 0.5) is 0 Å². The number of ether oxygens (including phenoxy) is 1. The van der Waals surface area contributed by atoms with E-state index in [1.54, 1.807) is 0 Å². The van der Waals surface area contributed by atoms with Crippen molar-refractivity contribution >= 4 is 0 Å². The number of likely N-dealkylation sites (N-methyl/N-ethyl adjacent to an activating group) is 1. The Hall–Kier alpha value is -0.120. The van der Waals surface area contributed by atoms with Crippen molar-refractivity contribution in [1.82, 2.24) is 4.90 Å². The standard InChI is InChI=1S/C10H23NO2/c1-3-13-10-8-11(2)7-5-4-6-9-12/h12H,3-10H2,1-2H3. The highest BCUT2D eigenvalue weighted by molar-refractivity contribution is 4.51. The summed E-state index contributed by atoms with van der Waals surface area (Å²) in [6, 6.07) is 0. The van der Waals surface area contributed by atoms with Gasteiger partial charge in [-0.2, -0.15) is 0 Å². The lowest BCUT2D eigenvalue weighted by atomic mass is 10.2. The summed E-state index contributed by atoms with van der Waals surface area (Å²) in [5, 5.41) is 8.57. The van der Waals surface area contributed by atoms with E-state index in [4.69, 9.17) is 9.84 Å². The fraction of sp³-hybridized carbons (Fsp3) is 1.00. The molecule has 13 heavy (non-hydrogen) atoms. The first-order valence-corrected chi connectivity index (χ1v) is 5.18. The quantitative estimate of drug-likeness (QED) is 0.552. The topological polar surface area (TPSA) is 32.7 Å². The molecule has 0 aliphatic rings. The normalized spacial score (nSPS) is 11.1. The summed E-state index contributed by atoms with van der Waals surface area (Å²) in [4.78, 5) is 2.27.